The third-order valence-electron chi connectivity index (χ3n) is 4.13. The normalized spacial score (nSPS) is 23.5. The van der Waals surface area contributed by atoms with E-state index in [1.165, 1.54) is 6.92 Å². The second-order valence-corrected chi connectivity index (χ2v) is 5.89. The number of ether oxygens (including phenoxy) is 2. The predicted octanol–water partition coefficient (Wildman–Crippen LogP) is 1.06. The van der Waals surface area contributed by atoms with Gasteiger partial charge in [0.15, 0.2) is 0 Å². The molecule has 1 aliphatic carbocycles. The van der Waals surface area contributed by atoms with Crippen LogP contribution in [-0.4, -0.2) is 42.6 Å². The minimum Gasteiger partial charge on any atom is -0.463 e. The lowest BCUT2D eigenvalue weighted by Crippen LogP contribution is -2.54. The molecule has 0 fully saturated rings. The molecule has 7 heteroatoms. The molecule has 1 aliphatic rings. The smallest absolute Gasteiger partial charge is 0.333 e. The predicted molar refractivity (Wildman–Crippen MR) is 88.9 cm³/mol. The van der Waals surface area contributed by atoms with Crippen LogP contribution in [0.1, 0.15) is 47.0 Å². The maximum atomic E-state index is 12.1. The number of esters is 1. The second-order valence-electron chi connectivity index (χ2n) is 5.89. The molecular formula is C17H28N2O5. The van der Waals surface area contributed by atoms with Crippen molar-refractivity contribution in [2.75, 3.05) is 6.61 Å². The number of nitrogens with one attached hydrogen (secondary N) is 1. The lowest BCUT2D eigenvalue weighted by molar-refractivity contribution is -0.139. The van der Waals surface area contributed by atoms with Crippen LogP contribution in [0.5, 0.6) is 0 Å². The molecule has 0 aromatic carbocycles. The monoisotopic (exact) mass is 340 g/mol. The van der Waals surface area contributed by atoms with Gasteiger partial charge in [-0.15, -0.1) is 0 Å². The van der Waals surface area contributed by atoms with E-state index in [1.54, 1.807) is 13.0 Å². The van der Waals surface area contributed by atoms with Crippen molar-refractivity contribution >= 4 is 17.8 Å². The van der Waals surface area contributed by atoms with E-state index in [0.29, 0.717) is 5.57 Å². The average molecular weight is 340 g/mol. The lowest BCUT2D eigenvalue weighted by Gasteiger charge is -2.37. The van der Waals surface area contributed by atoms with Gasteiger partial charge in [-0.3, -0.25) is 9.59 Å². The van der Waals surface area contributed by atoms with Gasteiger partial charge in [-0.2, -0.15) is 0 Å². The summed E-state index contributed by atoms with van der Waals surface area (Å²) in [6.45, 7) is 7.31. The Bertz CT molecular complexity index is 499. The molecule has 0 aromatic heterocycles. The van der Waals surface area contributed by atoms with Crippen molar-refractivity contribution < 1.29 is 23.9 Å². The van der Waals surface area contributed by atoms with Gasteiger partial charge >= 0.3 is 5.97 Å². The molecule has 2 amide bonds. The molecule has 0 saturated carbocycles. The molecule has 0 heterocycles. The summed E-state index contributed by atoms with van der Waals surface area (Å²) in [6.07, 6.45) is 2.69. The quantitative estimate of drug-likeness (QED) is 0.642. The minimum absolute atomic E-state index is 0.0439. The van der Waals surface area contributed by atoms with Gasteiger partial charge in [0.05, 0.1) is 30.8 Å². The molecule has 136 valence electrons. The Balaban J connectivity index is 3.17. The fraction of sp³-hybridized carbons (Fsp3) is 0.706. The van der Waals surface area contributed by atoms with Crippen LogP contribution in [0.3, 0.4) is 0 Å². The zero-order chi connectivity index (χ0) is 18.3. The Labute approximate surface area is 142 Å². The zero-order valence-corrected chi connectivity index (χ0v) is 14.8. The molecule has 0 unspecified atom stereocenters. The van der Waals surface area contributed by atoms with Crippen LogP contribution in [0.2, 0.25) is 0 Å². The Morgan fingerprint density at radius 3 is 2.38 bits per heavy atom. The molecule has 24 heavy (non-hydrogen) atoms. The number of primary amides is 1. The highest BCUT2D eigenvalue weighted by Gasteiger charge is 2.40. The summed E-state index contributed by atoms with van der Waals surface area (Å²) in [6, 6.07) is -0.598. The van der Waals surface area contributed by atoms with Gasteiger partial charge in [0.2, 0.25) is 11.8 Å². The molecule has 0 saturated heterocycles. The topological polar surface area (TPSA) is 108 Å². The van der Waals surface area contributed by atoms with Gasteiger partial charge in [0.1, 0.15) is 0 Å². The van der Waals surface area contributed by atoms with E-state index in [2.05, 4.69) is 5.32 Å². The number of amides is 2. The Morgan fingerprint density at radius 2 is 1.92 bits per heavy atom. The molecule has 7 nitrogen and oxygen atoms in total. The highest BCUT2D eigenvalue weighted by atomic mass is 16.5. The number of carbonyl (C=O) groups is 3. The van der Waals surface area contributed by atoms with Gasteiger partial charge in [-0.25, -0.2) is 4.79 Å². The van der Waals surface area contributed by atoms with Gasteiger partial charge in [-0.05, 0) is 32.3 Å². The molecule has 0 bridgehead atoms. The van der Waals surface area contributed by atoms with Crippen molar-refractivity contribution in [3.63, 3.8) is 0 Å². The van der Waals surface area contributed by atoms with Crippen LogP contribution < -0.4 is 11.1 Å². The van der Waals surface area contributed by atoms with Crippen molar-refractivity contribution in [1.29, 1.82) is 0 Å². The SMILES string of the molecule is CCOC(=O)C1=C[C@@H](OC(CC)CC)[C@H](NC(C)=O)[C@@H](C(N)=O)C1. The fourth-order valence-electron chi connectivity index (χ4n) is 2.86. The fourth-order valence-corrected chi connectivity index (χ4v) is 2.86. The van der Waals surface area contributed by atoms with Gasteiger partial charge in [-0.1, -0.05) is 13.8 Å². The second kappa shape index (κ2) is 9.42. The lowest BCUT2D eigenvalue weighted by atomic mass is 9.81. The van der Waals surface area contributed by atoms with Crippen LogP contribution >= 0.6 is 0 Å². The van der Waals surface area contributed by atoms with Crippen LogP contribution in [0.25, 0.3) is 0 Å². The number of hydrogen-bond acceptors (Lipinski definition) is 5. The summed E-state index contributed by atoms with van der Waals surface area (Å²) < 4.78 is 11.1. The van der Waals surface area contributed by atoms with Crippen molar-refractivity contribution in [3.05, 3.63) is 11.6 Å². The van der Waals surface area contributed by atoms with E-state index >= 15 is 0 Å². The first-order valence-electron chi connectivity index (χ1n) is 8.43. The van der Waals surface area contributed by atoms with E-state index in [9.17, 15) is 14.4 Å². The summed E-state index contributed by atoms with van der Waals surface area (Å²) in [5.74, 6) is -2.07. The van der Waals surface area contributed by atoms with Crippen molar-refractivity contribution in [3.8, 4) is 0 Å². The van der Waals surface area contributed by atoms with Crippen molar-refractivity contribution in [2.24, 2.45) is 11.7 Å². The number of hydrogen-bond donors (Lipinski definition) is 2. The van der Waals surface area contributed by atoms with E-state index in [-0.39, 0.29) is 25.0 Å². The van der Waals surface area contributed by atoms with E-state index < -0.39 is 29.9 Å². The molecule has 3 atom stereocenters. The first-order valence-corrected chi connectivity index (χ1v) is 8.43. The molecule has 0 spiro atoms. The van der Waals surface area contributed by atoms with Gasteiger partial charge < -0.3 is 20.5 Å². The molecule has 0 aromatic rings. The third kappa shape index (κ3) is 5.33. The highest BCUT2D eigenvalue weighted by molar-refractivity contribution is 5.91. The first-order chi connectivity index (χ1) is 11.3. The number of nitrogens with two attached hydrogens (primary N) is 1. The summed E-state index contributed by atoms with van der Waals surface area (Å²) in [5, 5.41) is 2.75. The Hall–Kier alpha value is -1.89. The standard InChI is InChI=1S/C17H28N2O5/c1-5-12(6-2)24-14-9-11(17(22)23-7-3)8-13(16(18)21)15(14)19-10(4)20/h9,12-15H,5-8H2,1-4H3,(H2,18,21)(H,19,20)/t13-,14+,15+/m0/s1. The Kier molecular flexibility index (Phi) is 7.91. The van der Waals surface area contributed by atoms with E-state index in [1.807, 2.05) is 13.8 Å². The zero-order valence-electron chi connectivity index (χ0n) is 14.8. The van der Waals surface area contributed by atoms with E-state index in [4.69, 9.17) is 15.2 Å². The molecular weight excluding hydrogens is 312 g/mol. The maximum absolute atomic E-state index is 12.1. The summed E-state index contributed by atoms with van der Waals surface area (Å²) in [4.78, 5) is 35.5. The molecule has 1 rings (SSSR count). The maximum Gasteiger partial charge on any atom is 0.333 e. The third-order valence-corrected chi connectivity index (χ3v) is 4.13. The van der Waals surface area contributed by atoms with Crippen LogP contribution in [-0.2, 0) is 23.9 Å². The molecule has 3 N–H and O–H groups in total. The summed E-state index contributed by atoms with van der Waals surface area (Å²) in [5.41, 5.74) is 5.86. The van der Waals surface area contributed by atoms with Crippen molar-refractivity contribution in [1.82, 2.24) is 5.32 Å². The molecule has 0 radical (unpaired) electrons. The minimum atomic E-state index is -0.724. The van der Waals surface area contributed by atoms with Crippen LogP contribution in [0.15, 0.2) is 11.6 Å². The van der Waals surface area contributed by atoms with Gasteiger partial charge in [0.25, 0.3) is 0 Å². The number of carbonyl (C=O) groups excluding carboxylic acids is 3. The molecule has 0 aliphatic heterocycles. The van der Waals surface area contributed by atoms with Gasteiger partial charge in [0, 0.05) is 12.5 Å². The van der Waals surface area contributed by atoms with Crippen LogP contribution in [0, 0.1) is 5.92 Å². The highest BCUT2D eigenvalue weighted by Crippen LogP contribution is 2.29. The van der Waals surface area contributed by atoms with E-state index in [0.717, 1.165) is 12.8 Å². The largest absolute Gasteiger partial charge is 0.463 e. The van der Waals surface area contributed by atoms with Crippen molar-refractivity contribution in [2.45, 2.75) is 65.2 Å². The Morgan fingerprint density at radius 1 is 1.29 bits per heavy atom. The van der Waals surface area contributed by atoms with Crippen LogP contribution in [0.4, 0.5) is 0 Å². The summed E-state index contributed by atoms with van der Waals surface area (Å²) >= 11 is 0. The summed E-state index contributed by atoms with van der Waals surface area (Å²) in [7, 11) is 0. The average Bonchev–Trinajstić information content (AvgIpc) is 2.52. The number of rotatable bonds is 8. The first kappa shape index (κ1) is 20.2.